The highest BCUT2D eigenvalue weighted by Gasteiger charge is 2.41. The van der Waals surface area contributed by atoms with E-state index in [1.54, 1.807) is 24.3 Å². The molecule has 1 atom stereocenters. The summed E-state index contributed by atoms with van der Waals surface area (Å²) in [6.07, 6.45) is -0.0472. The van der Waals surface area contributed by atoms with Crippen LogP contribution in [0.5, 0.6) is 5.75 Å². The maximum atomic E-state index is 12.3. The van der Waals surface area contributed by atoms with Crippen LogP contribution in [0.15, 0.2) is 35.6 Å². The number of hydrogen-bond acceptors (Lipinski definition) is 6. The van der Waals surface area contributed by atoms with Gasteiger partial charge in [-0.05, 0) is 37.5 Å². The molecule has 0 bridgehead atoms. The van der Waals surface area contributed by atoms with Crippen LogP contribution in [0.4, 0.5) is 0 Å². The first-order chi connectivity index (χ1) is 11.4. The number of benzene rings is 1. The van der Waals surface area contributed by atoms with Crippen molar-refractivity contribution >= 4 is 17.7 Å². The summed E-state index contributed by atoms with van der Waals surface area (Å²) in [6.45, 7) is 1.37. The number of methoxy groups -OCH3 is 1. The van der Waals surface area contributed by atoms with Gasteiger partial charge in [0, 0.05) is 12.5 Å². The minimum Gasteiger partial charge on any atom is -0.550 e. The number of amides is 1. The standard InChI is InChI=1S/C17H19NO6/c1-10(19)14-15(11-5-7-12(24-2)8-6-11)18(17(23)16(14)22)9-3-4-13(20)21/h5-8,15,22H,3-4,9H2,1-2H3,(H,20,21)/p-1/t15-/m1/s1. The molecule has 0 saturated carbocycles. The highest BCUT2D eigenvalue weighted by molar-refractivity contribution is 6.08. The van der Waals surface area contributed by atoms with E-state index in [0.717, 1.165) is 0 Å². The lowest BCUT2D eigenvalue weighted by Crippen LogP contribution is -2.33. The third-order valence-corrected chi connectivity index (χ3v) is 3.89. The maximum absolute atomic E-state index is 12.3. The van der Waals surface area contributed by atoms with Crippen LogP contribution >= 0.6 is 0 Å². The average Bonchev–Trinajstić information content (AvgIpc) is 2.79. The number of hydrogen-bond donors (Lipinski definition) is 1. The van der Waals surface area contributed by atoms with Gasteiger partial charge in [0.05, 0.1) is 18.7 Å². The first kappa shape index (κ1) is 17.5. The molecule has 1 aromatic rings. The third kappa shape index (κ3) is 3.40. The van der Waals surface area contributed by atoms with Crippen molar-refractivity contribution < 1.29 is 29.3 Å². The molecule has 0 aliphatic carbocycles. The predicted molar refractivity (Wildman–Crippen MR) is 82.0 cm³/mol. The Labute approximate surface area is 139 Å². The van der Waals surface area contributed by atoms with Crippen molar-refractivity contribution in [3.8, 4) is 5.75 Å². The van der Waals surface area contributed by atoms with Gasteiger partial charge in [-0.3, -0.25) is 9.59 Å². The number of carboxylic acids is 1. The second kappa shape index (κ2) is 7.16. The molecule has 1 amide bonds. The molecule has 2 rings (SSSR count). The maximum Gasteiger partial charge on any atom is 0.290 e. The second-order valence-corrected chi connectivity index (χ2v) is 5.47. The summed E-state index contributed by atoms with van der Waals surface area (Å²) in [6, 6.07) is 6.02. The zero-order chi connectivity index (χ0) is 17.9. The van der Waals surface area contributed by atoms with Crippen LogP contribution in [0.25, 0.3) is 0 Å². The molecule has 0 aromatic heterocycles. The number of carbonyl (C=O) groups excluding carboxylic acids is 3. The number of aliphatic carboxylic acids is 1. The van der Waals surface area contributed by atoms with E-state index in [1.807, 2.05) is 0 Å². The zero-order valence-electron chi connectivity index (χ0n) is 13.4. The summed E-state index contributed by atoms with van der Waals surface area (Å²) in [7, 11) is 1.52. The highest BCUT2D eigenvalue weighted by Crippen LogP contribution is 2.38. The molecule has 1 aromatic carbocycles. The summed E-state index contributed by atoms with van der Waals surface area (Å²) < 4.78 is 5.09. The fourth-order valence-corrected chi connectivity index (χ4v) is 2.77. The normalized spacial score (nSPS) is 17.3. The molecule has 24 heavy (non-hydrogen) atoms. The Morgan fingerprint density at radius 1 is 1.29 bits per heavy atom. The molecule has 7 nitrogen and oxygen atoms in total. The van der Waals surface area contributed by atoms with Crippen LogP contribution in [0.2, 0.25) is 0 Å². The van der Waals surface area contributed by atoms with Crippen LogP contribution in [0.1, 0.15) is 31.4 Å². The number of rotatable bonds is 7. The van der Waals surface area contributed by atoms with Crippen LogP contribution in [0.3, 0.4) is 0 Å². The molecule has 1 aliphatic rings. The molecule has 0 unspecified atom stereocenters. The van der Waals surface area contributed by atoms with Gasteiger partial charge in [0.15, 0.2) is 11.5 Å². The lowest BCUT2D eigenvalue weighted by molar-refractivity contribution is -0.305. The van der Waals surface area contributed by atoms with E-state index in [2.05, 4.69) is 0 Å². The molecular weight excluding hydrogens is 314 g/mol. The molecule has 0 saturated heterocycles. The Morgan fingerprint density at radius 3 is 2.42 bits per heavy atom. The minimum absolute atomic E-state index is 0.0126. The molecule has 1 N–H and O–H groups in total. The largest absolute Gasteiger partial charge is 0.550 e. The van der Waals surface area contributed by atoms with Gasteiger partial charge in [-0.1, -0.05) is 12.1 Å². The Morgan fingerprint density at radius 2 is 1.92 bits per heavy atom. The summed E-state index contributed by atoms with van der Waals surface area (Å²) in [5.41, 5.74) is 0.644. The van der Waals surface area contributed by atoms with Crippen molar-refractivity contribution in [1.29, 1.82) is 0 Å². The number of aliphatic hydroxyl groups excluding tert-OH is 1. The SMILES string of the molecule is COc1ccc([C@@H]2C(C(C)=O)=C(O)C(=O)N2CCCC(=O)[O-])cc1. The van der Waals surface area contributed by atoms with Gasteiger partial charge in [0.2, 0.25) is 0 Å². The first-order valence-electron chi connectivity index (χ1n) is 7.45. The first-order valence-corrected chi connectivity index (χ1v) is 7.45. The van der Waals surface area contributed by atoms with Crippen LogP contribution in [-0.4, -0.2) is 41.3 Å². The van der Waals surface area contributed by atoms with Crippen LogP contribution in [-0.2, 0) is 14.4 Å². The van der Waals surface area contributed by atoms with E-state index in [9.17, 15) is 24.6 Å². The van der Waals surface area contributed by atoms with Crippen molar-refractivity contribution in [2.24, 2.45) is 0 Å². The van der Waals surface area contributed by atoms with Crippen molar-refractivity contribution in [2.75, 3.05) is 13.7 Å². The number of aliphatic hydroxyl groups is 1. The Hall–Kier alpha value is -2.83. The molecular formula is C17H18NO6-. The Bertz CT molecular complexity index is 692. The van der Waals surface area contributed by atoms with Crippen molar-refractivity contribution in [2.45, 2.75) is 25.8 Å². The fourth-order valence-electron chi connectivity index (χ4n) is 2.77. The van der Waals surface area contributed by atoms with Crippen LogP contribution < -0.4 is 9.84 Å². The van der Waals surface area contributed by atoms with E-state index >= 15 is 0 Å². The quantitative estimate of drug-likeness (QED) is 0.779. The van der Waals surface area contributed by atoms with E-state index in [1.165, 1.54) is 18.9 Å². The highest BCUT2D eigenvalue weighted by atomic mass is 16.5. The van der Waals surface area contributed by atoms with Gasteiger partial charge in [-0.15, -0.1) is 0 Å². The molecule has 7 heteroatoms. The monoisotopic (exact) mass is 332 g/mol. The Balaban J connectivity index is 2.36. The third-order valence-electron chi connectivity index (χ3n) is 3.89. The Kier molecular flexibility index (Phi) is 5.23. The van der Waals surface area contributed by atoms with Gasteiger partial charge in [0.1, 0.15) is 5.75 Å². The van der Waals surface area contributed by atoms with E-state index < -0.39 is 29.5 Å². The van der Waals surface area contributed by atoms with Crippen LogP contribution in [0, 0.1) is 0 Å². The lowest BCUT2D eigenvalue weighted by atomic mass is 9.96. The second-order valence-electron chi connectivity index (χ2n) is 5.47. The van der Waals surface area contributed by atoms with Gasteiger partial charge in [0.25, 0.3) is 5.91 Å². The summed E-state index contributed by atoms with van der Waals surface area (Å²) in [5, 5.41) is 20.6. The molecule has 1 heterocycles. The number of carbonyl (C=O) groups is 3. The smallest absolute Gasteiger partial charge is 0.290 e. The molecule has 0 spiro atoms. The summed E-state index contributed by atoms with van der Waals surface area (Å²) in [5.74, 6) is -2.28. The van der Waals surface area contributed by atoms with Crippen molar-refractivity contribution in [3.05, 3.63) is 41.2 Å². The summed E-state index contributed by atoms with van der Waals surface area (Å²) in [4.78, 5) is 36.1. The topological polar surface area (TPSA) is 107 Å². The fraction of sp³-hybridized carbons (Fsp3) is 0.353. The van der Waals surface area contributed by atoms with Gasteiger partial charge in [-0.25, -0.2) is 0 Å². The number of nitrogens with zero attached hydrogens (tertiary/aromatic N) is 1. The van der Waals surface area contributed by atoms with E-state index in [-0.39, 0.29) is 25.0 Å². The number of Topliss-reactive ketones (excluding diaryl/α,β-unsaturated/α-hetero) is 1. The predicted octanol–water partition coefficient (Wildman–Crippen LogP) is 0.510. The van der Waals surface area contributed by atoms with Gasteiger partial charge < -0.3 is 24.6 Å². The zero-order valence-corrected chi connectivity index (χ0v) is 13.4. The molecule has 128 valence electrons. The lowest BCUT2D eigenvalue weighted by Gasteiger charge is -2.26. The molecule has 0 radical (unpaired) electrons. The van der Waals surface area contributed by atoms with E-state index in [4.69, 9.17) is 4.74 Å². The summed E-state index contributed by atoms with van der Waals surface area (Å²) >= 11 is 0. The minimum atomic E-state index is -1.22. The number of carboxylic acid groups (broad SMARTS) is 1. The van der Waals surface area contributed by atoms with Gasteiger partial charge >= 0.3 is 0 Å². The van der Waals surface area contributed by atoms with Crippen molar-refractivity contribution in [1.82, 2.24) is 4.90 Å². The molecule has 1 aliphatic heterocycles. The van der Waals surface area contributed by atoms with Gasteiger partial charge in [-0.2, -0.15) is 0 Å². The molecule has 0 fully saturated rings. The number of ketones is 1. The van der Waals surface area contributed by atoms with E-state index in [0.29, 0.717) is 11.3 Å². The number of ether oxygens (including phenoxy) is 1. The van der Waals surface area contributed by atoms with Crippen molar-refractivity contribution in [3.63, 3.8) is 0 Å². The average molecular weight is 332 g/mol.